The topological polar surface area (TPSA) is 53.9 Å². The average molecular weight is 344 g/mol. The molecule has 5 rings (SSSR count). The summed E-state index contributed by atoms with van der Waals surface area (Å²) in [5.74, 6) is 0.0674. The maximum absolute atomic E-state index is 12.9. The first-order chi connectivity index (χ1) is 12.7. The molecule has 0 spiro atoms. The summed E-state index contributed by atoms with van der Waals surface area (Å²) in [7, 11) is 0. The highest BCUT2D eigenvalue weighted by atomic mass is 16.2. The summed E-state index contributed by atoms with van der Waals surface area (Å²) in [5.41, 5.74) is 4.00. The van der Waals surface area contributed by atoms with Crippen LogP contribution in [0.2, 0.25) is 0 Å². The zero-order valence-electron chi connectivity index (χ0n) is 14.6. The van der Waals surface area contributed by atoms with Gasteiger partial charge in [-0.15, -0.1) is 0 Å². The Labute approximate surface area is 151 Å². The molecule has 0 aliphatic carbocycles. The lowest BCUT2D eigenvalue weighted by atomic mass is 10.2. The number of aromatic nitrogens is 3. The van der Waals surface area contributed by atoms with Gasteiger partial charge in [0.2, 0.25) is 0 Å². The Morgan fingerprint density at radius 3 is 2.96 bits per heavy atom. The maximum atomic E-state index is 12.9. The lowest BCUT2D eigenvalue weighted by Crippen LogP contribution is -2.29. The molecule has 1 aliphatic rings. The maximum Gasteiger partial charge on any atom is 0.270 e. The standard InChI is InChI=1S/C21H20N4O/c1-14-6-7-18-16(10-14)11-19(23-18)21(26)24-9-8-17(13-24)25-20-5-3-2-4-15(20)12-22-25/h2-7,10-12,17,23H,8-9,13H2,1H3. The Hall–Kier alpha value is -3.08. The lowest BCUT2D eigenvalue weighted by Gasteiger charge is -2.16. The Morgan fingerprint density at radius 2 is 2.04 bits per heavy atom. The first-order valence-electron chi connectivity index (χ1n) is 9.00. The van der Waals surface area contributed by atoms with Crippen molar-refractivity contribution in [1.29, 1.82) is 0 Å². The number of nitrogens with one attached hydrogen (secondary N) is 1. The third kappa shape index (κ3) is 2.39. The highest BCUT2D eigenvalue weighted by molar-refractivity contribution is 5.98. The molecule has 5 heteroatoms. The number of aromatic amines is 1. The van der Waals surface area contributed by atoms with E-state index in [2.05, 4.69) is 46.0 Å². The number of nitrogens with zero attached hydrogens (tertiary/aromatic N) is 3. The van der Waals surface area contributed by atoms with Crippen molar-refractivity contribution in [2.24, 2.45) is 0 Å². The van der Waals surface area contributed by atoms with E-state index >= 15 is 0 Å². The van der Waals surface area contributed by atoms with Crippen LogP contribution < -0.4 is 0 Å². The molecule has 1 aliphatic heterocycles. The Balaban J connectivity index is 1.40. The van der Waals surface area contributed by atoms with Gasteiger partial charge >= 0.3 is 0 Å². The van der Waals surface area contributed by atoms with Crippen molar-refractivity contribution in [3.8, 4) is 0 Å². The SMILES string of the molecule is Cc1ccc2[nH]c(C(=O)N3CCC(n4ncc5ccccc54)C3)cc2c1. The van der Waals surface area contributed by atoms with Crippen LogP contribution in [-0.4, -0.2) is 38.7 Å². The van der Waals surface area contributed by atoms with E-state index in [1.165, 1.54) is 5.56 Å². The molecule has 1 saturated heterocycles. The molecular formula is C21H20N4O. The van der Waals surface area contributed by atoms with Crippen LogP contribution in [0.15, 0.2) is 54.7 Å². The molecule has 130 valence electrons. The highest BCUT2D eigenvalue weighted by Gasteiger charge is 2.30. The van der Waals surface area contributed by atoms with Crippen molar-refractivity contribution in [3.63, 3.8) is 0 Å². The van der Waals surface area contributed by atoms with Gasteiger partial charge in [-0.2, -0.15) is 5.10 Å². The number of benzene rings is 2. The minimum atomic E-state index is 0.0674. The monoisotopic (exact) mass is 344 g/mol. The number of para-hydroxylation sites is 1. The number of H-pyrrole nitrogens is 1. The van der Waals surface area contributed by atoms with Gasteiger partial charge in [0.15, 0.2) is 0 Å². The molecule has 4 aromatic rings. The van der Waals surface area contributed by atoms with E-state index < -0.39 is 0 Å². The average Bonchev–Trinajstić information content (AvgIpc) is 3.37. The van der Waals surface area contributed by atoms with Crippen LogP contribution in [0.3, 0.4) is 0 Å². The van der Waals surface area contributed by atoms with Crippen molar-refractivity contribution < 1.29 is 4.79 Å². The summed E-state index contributed by atoms with van der Waals surface area (Å²) in [5, 5.41) is 6.79. The lowest BCUT2D eigenvalue weighted by molar-refractivity contribution is 0.0782. The third-order valence-electron chi connectivity index (χ3n) is 5.31. The van der Waals surface area contributed by atoms with Gasteiger partial charge in [0, 0.05) is 29.4 Å². The molecule has 0 bridgehead atoms. The Kier molecular flexibility index (Phi) is 3.35. The van der Waals surface area contributed by atoms with Crippen LogP contribution >= 0.6 is 0 Å². The largest absolute Gasteiger partial charge is 0.351 e. The molecule has 0 radical (unpaired) electrons. The van der Waals surface area contributed by atoms with Crippen molar-refractivity contribution in [2.75, 3.05) is 13.1 Å². The normalized spacial score (nSPS) is 17.4. The van der Waals surface area contributed by atoms with E-state index in [0.29, 0.717) is 12.2 Å². The number of rotatable bonds is 2. The van der Waals surface area contributed by atoms with Crippen LogP contribution in [0.4, 0.5) is 0 Å². The highest BCUT2D eigenvalue weighted by Crippen LogP contribution is 2.27. The Bertz CT molecular complexity index is 1120. The smallest absolute Gasteiger partial charge is 0.270 e. The summed E-state index contributed by atoms with van der Waals surface area (Å²) < 4.78 is 2.07. The van der Waals surface area contributed by atoms with Gasteiger partial charge in [-0.05, 0) is 37.6 Å². The van der Waals surface area contributed by atoms with E-state index in [1.54, 1.807) is 0 Å². The van der Waals surface area contributed by atoms with Crippen molar-refractivity contribution in [2.45, 2.75) is 19.4 Å². The van der Waals surface area contributed by atoms with Gasteiger partial charge in [0.25, 0.3) is 5.91 Å². The van der Waals surface area contributed by atoms with E-state index in [1.807, 2.05) is 35.4 Å². The van der Waals surface area contributed by atoms with Gasteiger partial charge in [0.1, 0.15) is 5.69 Å². The zero-order valence-corrected chi connectivity index (χ0v) is 14.6. The first kappa shape index (κ1) is 15.2. The van der Waals surface area contributed by atoms with Crippen LogP contribution in [-0.2, 0) is 0 Å². The summed E-state index contributed by atoms with van der Waals surface area (Å²) in [4.78, 5) is 18.1. The van der Waals surface area contributed by atoms with Crippen molar-refractivity contribution >= 4 is 27.7 Å². The van der Waals surface area contributed by atoms with E-state index in [9.17, 15) is 4.79 Å². The minimum Gasteiger partial charge on any atom is -0.351 e. The summed E-state index contributed by atoms with van der Waals surface area (Å²) >= 11 is 0. The second kappa shape index (κ2) is 5.73. The number of hydrogen-bond acceptors (Lipinski definition) is 2. The van der Waals surface area contributed by atoms with Crippen LogP contribution in [0.25, 0.3) is 21.8 Å². The number of amides is 1. The molecule has 1 fully saturated rings. The quantitative estimate of drug-likeness (QED) is 0.599. The second-order valence-corrected chi connectivity index (χ2v) is 7.12. The predicted molar refractivity (Wildman–Crippen MR) is 102 cm³/mol. The molecule has 1 N–H and O–H groups in total. The fraction of sp³-hybridized carbons (Fsp3) is 0.238. The molecule has 1 unspecified atom stereocenters. The van der Waals surface area contributed by atoms with Gasteiger partial charge in [-0.1, -0.05) is 29.8 Å². The first-order valence-corrected chi connectivity index (χ1v) is 9.00. The Morgan fingerprint density at radius 1 is 1.15 bits per heavy atom. The molecule has 5 nitrogen and oxygen atoms in total. The van der Waals surface area contributed by atoms with E-state index in [-0.39, 0.29) is 11.9 Å². The minimum absolute atomic E-state index is 0.0674. The molecule has 1 amide bonds. The summed E-state index contributed by atoms with van der Waals surface area (Å²) in [6.45, 7) is 3.51. The molecular weight excluding hydrogens is 324 g/mol. The van der Waals surface area contributed by atoms with Gasteiger partial charge in [-0.3, -0.25) is 9.48 Å². The number of aryl methyl sites for hydroxylation is 1. The molecule has 3 heterocycles. The van der Waals surface area contributed by atoms with Crippen LogP contribution in [0.5, 0.6) is 0 Å². The number of fused-ring (bicyclic) bond motifs is 2. The van der Waals surface area contributed by atoms with Crippen molar-refractivity contribution in [1.82, 2.24) is 19.7 Å². The number of hydrogen-bond donors (Lipinski definition) is 1. The molecule has 2 aromatic carbocycles. The van der Waals surface area contributed by atoms with Crippen LogP contribution in [0, 0.1) is 6.92 Å². The molecule has 26 heavy (non-hydrogen) atoms. The van der Waals surface area contributed by atoms with E-state index in [0.717, 1.165) is 34.8 Å². The summed E-state index contributed by atoms with van der Waals surface area (Å²) in [6.07, 6.45) is 2.83. The van der Waals surface area contributed by atoms with E-state index in [4.69, 9.17) is 0 Å². The molecule has 0 saturated carbocycles. The number of carbonyl (C=O) groups is 1. The van der Waals surface area contributed by atoms with Crippen LogP contribution in [0.1, 0.15) is 28.5 Å². The van der Waals surface area contributed by atoms with Gasteiger partial charge in [0.05, 0.1) is 17.8 Å². The second-order valence-electron chi connectivity index (χ2n) is 7.12. The van der Waals surface area contributed by atoms with Gasteiger partial charge in [-0.25, -0.2) is 0 Å². The molecule has 1 atom stereocenters. The fourth-order valence-electron chi connectivity index (χ4n) is 3.95. The molecule has 2 aromatic heterocycles. The predicted octanol–water partition coefficient (Wildman–Crippen LogP) is 3.91. The summed E-state index contributed by atoms with van der Waals surface area (Å²) in [6, 6.07) is 16.6. The van der Waals surface area contributed by atoms with Gasteiger partial charge < -0.3 is 9.88 Å². The third-order valence-corrected chi connectivity index (χ3v) is 5.31. The number of carbonyl (C=O) groups excluding carboxylic acids is 1. The van der Waals surface area contributed by atoms with Crippen molar-refractivity contribution in [3.05, 3.63) is 66.0 Å². The fourth-order valence-corrected chi connectivity index (χ4v) is 3.95. The number of likely N-dealkylation sites (tertiary alicyclic amines) is 1. The zero-order chi connectivity index (χ0) is 17.7.